The number of halogens is 2. The first-order valence-electron chi connectivity index (χ1n) is 5.11. The highest BCUT2D eigenvalue weighted by Crippen LogP contribution is 2.29. The second-order valence-electron chi connectivity index (χ2n) is 3.52. The highest BCUT2D eigenvalue weighted by molar-refractivity contribution is 9.10. The molecule has 2 aromatic carbocycles. The Morgan fingerprint density at radius 3 is 2.47 bits per heavy atom. The lowest BCUT2D eigenvalue weighted by Crippen LogP contribution is -1.99. The molecular weight excluding hydrogens is 346 g/mol. The van der Waals surface area contributed by atoms with Gasteiger partial charge < -0.3 is 10.5 Å². The van der Waals surface area contributed by atoms with Crippen molar-refractivity contribution in [3.63, 3.8) is 0 Å². The molecule has 2 N–H and O–H groups in total. The van der Waals surface area contributed by atoms with Gasteiger partial charge in [-0.25, -0.2) is 0 Å². The van der Waals surface area contributed by atoms with Crippen molar-refractivity contribution in [2.75, 3.05) is 0 Å². The van der Waals surface area contributed by atoms with Gasteiger partial charge >= 0.3 is 0 Å². The van der Waals surface area contributed by atoms with Gasteiger partial charge in [-0.05, 0) is 30.3 Å². The molecule has 0 aliphatic carbocycles. The first kappa shape index (κ1) is 12.6. The van der Waals surface area contributed by atoms with Crippen LogP contribution in [0.25, 0.3) is 0 Å². The van der Waals surface area contributed by atoms with E-state index in [0.717, 1.165) is 26.0 Å². The first-order chi connectivity index (χ1) is 8.19. The van der Waals surface area contributed by atoms with Crippen molar-refractivity contribution < 1.29 is 4.74 Å². The van der Waals surface area contributed by atoms with E-state index in [9.17, 15) is 0 Å². The largest absolute Gasteiger partial charge is 0.457 e. The molecule has 0 spiro atoms. The number of ether oxygens (including phenoxy) is 1. The average Bonchev–Trinajstić information content (AvgIpc) is 2.29. The molecule has 0 bridgehead atoms. The van der Waals surface area contributed by atoms with E-state index in [-0.39, 0.29) is 0 Å². The van der Waals surface area contributed by atoms with Gasteiger partial charge in [-0.2, -0.15) is 0 Å². The Labute approximate surface area is 117 Å². The van der Waals surface area contributed by atoms with Gasteiger partial charge in [0.15, 0.2) is 0 Å². The second-order valence-corrected chi connectivity index (χ2v) is 5.35. The molecule has 0 heterocycles. The Kier molecular flexibility index (Phi) is 4.20. The lowest BCUT2D eigenvalue weighted by molar-refractivity contribution is 0.476. The van der Waals surface area contributed by atoms with Gasteiger partial charge in [0.1, 0.15) is 11.5 Å². The van der Waals surface area contributed by atoms with Gasteiger partial charge in [-0.1, -0.05) is 44.0 Å². The Morgan fingerprint density at radius 1 is 1.00 bits per heavy atom. The molecule has 17 heavy (non-hydrogen) atoms. The van der Waals surface area contributed by atoms with Crippen molar-refractivity contribution in [3.8, 4) is 11.5 Å². The van der Waals surface area contributed by atoms with Crippen LogP contribution in [0.2, 0.25) is 0 Å². The second kappa shape index (κ2) is 5.67. The van der Waals surface area contributed by atoms with E-state index < -0.39 is 0 Å². The molecule has 0 aliphatic heterocycles. The van der Waals surface area contributed by atoms with E-state index in [1.807, 2.05) is 42.5 Å². The monoisotopic (exact) mass is 355 g/mol. The predicted octanol–water partition coefficient (Wildman–Crippen LogP) is 4.46. The van der Waals surface area contributed by atoms with Crippen LogP contribution in [-0.2, 0) is 6.54 Å². The van der Waals surface area contributed by atoms with Crippen molar-refractivity contribution >= 4 is 31.9 Å². The maximum Gasteiger partial charge on any atom is 0.133 e. The lowest BCUT2D eigenvalue weighted by atomic mass is 10.2. The summed E-state index contributed by atoms with van der Waals surface area (Å²) in [6, 6.07) is 13.5. The molecule has 0 amide bonds. The van der Waals surface area contributed by atoms with E-state index in [2.05, 4.69) is 31.9 Å². The smallest absolute Gasteiger partial charge is 0.133 e. The lowest BCUT2D eigenvalue weighted by Gasteiger charge is -2.10. The Morgan fingerprint density at radius 2 is 1.76 bits per heavy atom. The molecule has 0 aliphatic rings. The quantitative estimate of drug-likeness (QED) is 0.880. The molecule has 0 atom stereocenters. The van der Waals surface area contributed by atoms with Crippen molar-refractivity contribution in [2.45, 2.75) is 6.54 Å². The van der Waals surface area contributed by atoms with Crippen LogP contribution in [0.1, 0.15) is 5.56 Å². The number of nitrogens with two attached hydrogens (primary N) is 1. The van der Waals surface area contributed by atoms with Crippen LogP contribution in [0.5, 0.6) is 11.5 Å². The third-order valence-electron chi connectivity index (χ3n) is 2.27. The summed E-state index contributed by atoms with van der Waals surface area (Å²) in [4.78, 5) is 0. The summed E-state index contributed by atoms with van der Waals surface area (Å²) in [6.45, 7) is 0.455. The highest BCUT2D eigenvalue weighted by atomic mass is 79.9. The summed E-state index contributed by atoms with van der Waals surface area (Å²) in [5.74, 6) is 1.56. The van der Waals surface area contributed by atoms with Crippen molar-refractivity contribution in [1.29, 1.82) is 0 Å². The van der Waals surface area contributed by atoms with Crippen LogP contribution in [0.15, 0.2) is 51.4 Å². The van der Waals surface area contributed by atoms with Crippen LogP contribution >= 0.6 is 31.9 Å². The molecule has 2 nitrogen and oxygen atoms in total. The van der Waals surface area contributed by atoms with E-state index in [1.54, 1.807) is 0 Å². The molecule has 0 saturated carbocycles. The van der Waals surface area contributed by atoms with Crippen LogP contribution in [0.3, 0.4) is 0 Å². The maximum atomic E-state index is 5.82. The summed E-state index contributed by atoms with van der Waals surface area (Å²) < 4.78 is 7.78. The summed E-state index contributed by atoms with van der Waals surface area (Å²) in [5.41, 5.74) is 6.66. The molecule has 4 heteroatoms. The number of benzene rings is 2. The van der Waals surface area contributed by atoms with Gasteiger partial charge in [-0.3, -0.25) is 0 Å². The van der Waals surface area contributed by atoms with Crippen LogP contribution in [-0.4, -0.2) is 0 Å². The third kappa shape index (κ3) is 3.31. The average molecular weight is 357 g/mol. The first-order valence-corrected chi connectivity index (χ1v) is 6.69. The van der Waals surface area contributed by atoms with Crippen molar-refractivity contribution in [1.82, 2.24) is 0 Å². The van der Waals surface area contributed by atoms with E-state index in [4.69, 9.17) is 10.5 Å². The molecule has 2 rings (SSSR count). The zero-order valence-corrected chi connectivity index (χ0v) is 12.2. The van der Waals surface area contributed by atoms with Crippen LogP contribution in [0, 0.1) is 0 Å². The molecule has 0 aromatic heterocycles. The Balaban J connectivity index is 2.32. The maximum absolute atomic E-state index is 5.82. The zero-order valence-electron chi connectivity index (χ0n) is 8.99. The van der Waals surface area contributed by atoms with Gasteiger partial charge in [0.05, 0.1) is 0 Å². The van der Waals surface area contributed by atoms with E-state index in [0.29, 0.717) is 6.54 Å². The molecule has 0 saturated heterocycles. The van der Waals surface area contributed by atoms with Gasteiger partial charge in [-0.15, -0.1) is 0 Å². The molecule has 0 fully saturated rings. The summed E-state index contributed by atoms with van der Waals surface area (Å²) in [6.07, 6.45) is 0. The van der Waals surface area contributed by atoms with Gasteiger partial charge in [0, 0.05) is 21.1 Å². The zero-order chi connectivity index (χ0) is 12.3. The van der Waals surface area contributed by atoms with Crippen molar-refractivity contribution in [2.24, 2.45) is 5.73 Å². The van der Waals surface area contributed by atoms with Gasteiger partial charge in [0.2, 0.25) is 0 Å². The van der Waals surface area contributed by atoms with Crippen LogP contribution < -0.4 is 10.5 Å². The van der Waals surface area contributed by atoms with E-state index >= 15 is 0 Å². The summed E-state index contributed by atoms with van der Waals surface area (Å²) in [5, 5.41) is 0. The molecular formula is C13H11Br2NO. The Bertz CT molecular complexity index is 529. The highest BCUT2D eigenvalue weighted by Gasteiger charge is 2.05. The Hall–Kier alpha value is -0.840. The van der Waals surface area contributed by atoms with Gasteiger partial charge in [0.25, 0.3) is 0 Å². The fourth-order valence-corrected chi connectivity index (χ4v) is 2.17. The SMILES string of the molecule is NCc1ccc(Br)cc1Oc1cccc(Br)c1. The minimum atomic E-state index is 0.455. The number of hydrogen-bond acceptors (Lipinski definition) is 2. The summed E-state index contributed by atoms with van der Waals surface area (Å²) in [7, 11) is 0. The molecule has 88 valence electrons. The topological polar surface area (TPSA) is 35.2 Å². The summed E-state index contributed by atoms with van der Waals surface area (Å²) >= 11 is 6.83. The standard InChI is InChI=1S/C13H11Br2NO/c14-10-2-1-3-12(6-10)17-13-7-11(15)5-4-9(13)8-16/h1-7H,8,16H2. The normalized spacial score (nSPS) is 10.3. The fourth-order valence-electron chi connectivity index (χ4n) is 1.45. The molecule has 0 unspecified atom stereocenters. The van der Waals surface area contributed by atoms with Crippen molar-refractivity contribution in [3.05, 3.63) is 57.0 Å². The molecule has 0 radical (unpaired) electrons. The minimum Gasteiger partial charge on any atom is -0.457 e. The third-order valence-corrected chi connectivity index (χ3v) is 3.26. The fraction of sp³-hybridized carbons (Fsp3) is 0.0769. The molecule has 2 aromatic rings. The minimum absolute atomic E-state index is 0.455. The van der Waals surface area contributed by atoms with Crippen LogP contribution in [0.4, 0.5) is 0 Å². The number of rotatable bonds is 3. The number of hydrogen-bond donors (Lipinski definition) is 1. The predicted molar refractivity (Wildman–Crippen MR) is 76.2 cm³/mol. The van der Waals surface area contributed by atoms with E-state index in [1.165, 1.54) is 0 Å².